The summed E-state index contributed by atoms with van der Waals surface area (Å²) in [5, 5.41) is 0. The minimum atomic E-state index is -4.37. The largest absolute Gasteiger partial charge is 0.401 e. The van der Waals surface area contributed by atoms with Gasteiger partial charge in [0.2, 0.25) is 0 Å². The van der Waals surface area contributed by atoms with Gasteiger partial charge < -0.3 is 4.98 Å². The molecule has 4 nitrogen and oxygen atoms in total. The molecule has 4 rings (SSSR count). The van der Waals surface area contributed by atoms with E-state index in [-0.39, 0.29) is 11.3 Å². The second-order valence-corrected chi connectivity index (χ2v) is 6.46. The van der Waals surface area contributed by atoms with E-state index in [1.54, 1.807) is 0 Å². The van der Waals surface area contributed by atoms with Crippen LogP contribution in [0.2, 0.25) is 0 Å². The number of halogens is 3. The van der Waals surface area contributed by atoms with Crippen LogP contribution in [0.5, 0.6) is 0 Å². The molecular weight excluding hydrogens is 329 g/mol. The summed E-state index contributed by atoms with van der Waals surface area (Å²) in [7, 11) is 0. The maximum absolute atomic E-state index is 13.4. The predicted molar refractivity (Wildman–Crippen MR) is 90.7 cm³/mol. The molecule has 0 radical (unpaired) electrons. The highest BCUT2D eigenvalue weighted by molar-refractivity contribution is 6.19. The number of amidine groups is 1. The van der Waals surface area contributed by atoms with Gasteiger partial charge in [-0.05, 0) is 38.1 Å². The number of H-pyrrole nitrogens is 1. The summed E-state index contributed by atoms with van der Waals surface area (Å²) in [4.78, 5) is 16.3. The number of imidazole rings is 1. The maximum Gasteiger partial charge on any atom is 0.401 e. The summed E-state index contributed by atoms with van der Waals surface area (Å²) < 4.78 is 40.2. The molecule has 25 heavy (non-hydrogen) atoms. The van der Waals surface area contributed by atoms with Crippen LogP contribution in [0.1, 0.15) is 19.7 Å². The summed E-state index contributed by atoms with van der Waals surface area (Å²) in [5.41, 5.74) is 0.686. The third kappa shape index (κ3) is 2.50. The first kappa shape index (κ1) is 15.8. The molecule has 2 aromatic rings. The van der Waals surface area contributed by atoms with Gasteiger partial charge in [-0.25, -0.2) is 15.0 Å². The molecule has 1 aliphatic carbocycles. The molecule has 2 heterocycles. The fourth-order valence-corrected chi connectivity index (χ4v) is 3.00. The van der Waals surface area contributed by atoms with E-state index in [1.807, 2.05) is 24.3 Å². The smallest absolute Gasteiger partial charge is 0.342 e. The number of hydrogen-bond donors (Lipinski definition) is 1. The fourth-order valence-electron chi connectivity index (χ4n) is 3.00. The highest BCUT2D eigenvalue weighted by Crippen LogP contribution is 2.48. The number of para-hydroxylation sites is 2. The van der Waals surface area contributed by atoms with Gasteiger partial charge in [-0.1, -0.05) is 17.7 Å². The van der Waals surface area contributed by atoms with Crippen LogP contribution in [0.3, 0.4) is 0 Å². The Balaban J connectivity index is 1.66. The van der Waals surface area contributed by atoms with E-state index >= 15 is 0 Å². The standard InChI is InChI=1S/C18H15F3N4/c1-10-7-13-14(9-17(10,2)18(19,20)21)25-16(24-13)8-15-22-11-5-3-4-6-12(11)23-15/h3-7,9H,8H2,1-2H3,(H,22,23). The van der Waals surface area contributed by atoms with Crippen molar-refractivity contribution in [1.29, 1.82) is 0 Å². The minimum absolute atomic E-state index is 0.211. The van der Waals surface area contributed by atoms with E-state index in [9.17, 15) is 13.2 Å². The highest BCUT2D eigenvalue weighted by Gasteiger charge is 2.52. The number of aromatic amines is 1. The van der Waals surface area contributed by atoms with E-state index in [2.05, 4.69) is 20.0 Å². The van der Waals surface area contributed by atoms with Gasteiger partial charge in [0.25, 0.3) is 0 Å². The SMILES string of the molecule is CC1=CC2=NC(Cc3nc4ccccc4[nH]3)=NC2=CC1(C)C(F)(F)F. The molecule has 1 N–H and O–H groups in total. The van der Waals surface area contributed by atoms with Crippen molar-refractivity contribution in [2.45, 2.75) is 26.4 Å². The highest BCUT2D eigenvalue weighted by atomic mass is 19.4. The van der Waals surface area contributed by atoms with Crippen LogP contribution >= 0.6 is 0 Å². The Morgan fingerprint density at radius 1 is 1.16 bits per heavy atom. The van der Waals surface area contributed by atoms with Crippen LogP contribution < -0.4 is 0 Å². The normalized spacial score (nSPS) is 23.1. The van der Waals surface area contributed by atoms with Crippen molar-refractivity contribution in [3.8, 4) is 0 Å². The van der Waals surface area contributed by atoms with Gasteiger partial charge in [-0.15, -0.1) is 0 Å². The van der Waals surface area contributed by atoms with E-state index < -0.39 is 11.6 Å². The van der Waals surface area contributed by atoms with Crippen LogP contribution in [0.25, 0.3) is 11.0 Å². The Labute approximate surface area is 141 Å². The van der Waals surface area contributed by atoms with Crippen LogP contribution in [0, 0.1) is 5.41 Å². The molecule has 0 fully saturated rings. The molecule has 7 heteroatoms. The van der Waals surface area contributed by atoms with E-state index in [1.165, 1.54) is 13.0 Å². The molecule has 1 aromatic carbocycles. The summed E-state index contributed by atoms with van der Waals surface area (Å²) >= 11 is 0. The Morgan fingerprint density at radius 2 is 1.92 bits per heavy atom. The number of aliphatic imine (C=N–C) groups is 2. The maximum atomic E-state index is 13.4. The van der Waals surface area contributed by atoms with Crippen molar-refractivity contribution in [3.63, 3.8) is 0 Å². The quantitative estimate of drug-likeness (QED) is 0.864. The van der Waals surface area contributed by atoms with Crippen LogP contribution in [-0.2, 0) is 6.42 Å². The first-order valence-corrected chi connectivity index (χ1v) is 7.85. The number of benzene rings is 1. The van der Waals surface area contributed by atoms with E-state index in [0.717, 1.165) is 24.0 Å². The topological polar surface area (TPSA) is 53.4 Å². The number of fused-ring (bicyclic) bond motifs is 2. The van der Waals surface area contributed by atoms with Crippen molar-refractivity contribution < 1.29 is 13.2 Å². The zero-order valence-corrected chi connectivity index (χ0v) is 13.6. The molecule has 1 unspecified atom stereocenters. The molecule has 1 aromatic heterocycles. The van der Waals surface area contributed by atoms with E-state index in [0.29, 0.717) is 23.8 Å². The molecule has 0 bridgehead atoms. The molecule has 2 aliphatic rings. The molecular formula is C18H15F3N4. The zero-order chi connectivity index (χ0) is 17.8. The Bertz CT molecular complexity index is 958. The number of hydrogen-bond acceptors (Lipinski definition) is 3. The average Bonchev–Trinajstić information content (AvgIpc) is 3.09. The zero-order valence-electron chi connectivity index (χ0n) is 13.6. The molecule has 0 amide bonds. The number of allylic oxidation sites excluding steroid dienone is 3. The minimum Gasteiger partial charge on any atom is -0.342 e. The van der Waals surface area contributed by atoms with Crippen molar-refractivity contribution in [2.75, 3.05) is 0 Å². The molecule has 1 atom stereocenters. The number of rotatable bonds is 2. The lowest BCUT2D eigenvalue weighted by atomic mass is 9.77. The van der Waals surface area contributed by atoms with Gasteiger partial charge in [0.05, 0.1) is 28.9 Å². The Morgan fingerprint density at radius 3 is 2.64 bits per heavy atom. The third-order valence-corrected chi connectivity index (χ3v) is 4.71. The Kier molecular flexibility index (Phi) is 3.25. The predicted octanol–water partition coefficient (Wildman–Crippen LogP) is 4.37. The second-order valence-electron chi connectivity index (χ2n) is 6.46. The van der Waals surface area contributed by atoms with Gasteiger partial charge in [0.1, 0.15) is 17.1 Å². The lowest BCUT2D eigenvalue weighted by Gasteiger charge is -2.32. The number of nitrogens with zero attached hydrogens (tertiary/aromatic N) is 3. The third-order valence-electron chi connectivity index (χ3n) is 4.71. The molecule has 0 spiro atoms. The summed E-state index contributed by atoms with van der Waals surface area (Å²) in [6.07, 6.45) is -1.40. The van der Waals surface area contributed by atoms with Crippen molar-refractivity contribution in [2.24, 2.45) is 15.4 Å². The lowest BCUT2D eigenvalue weighted by Crippen LogP contribution is -2.37. The first-order valence-electron chi connectivity index (χ1n) is 7.85. The van der Waals surface area contributed by atoms with Gasteiger partial charge >= 0.3 is 6.18 Å². The molecule has 0 saturated carbocycles. The average molecular weight is 344 g/mol. The monoisotopic (exact) mass is 344 g/mol. The number of alkyl halides is 3. The summed E-state index contributed by atoms with van der Waals surface area (Å²) in [5.74, 6) is 1.14. The fraction of sp³-hybridized carbons (Fsp3) is 0.278. The molecule has 128 valence electrons. The number of nitrogens with one attached hydrogen (secondary N) is 1. The molecule has 0 saturated heterocycles. The van der Waals surface area contributed by atoms with Crippen molar-refractivity contribution >= 4 is 22.6 Å². The summed E-state index contributed by atoms with van der Waals surface area (Å²) in [6, 6.07) is 7.60. The lowest BCUT2D eigenvalue weighted by molar-refractivity contribution is -0.187. The van der Waals surface area contributed by atoms with Crippen molar-refractivity contribution in [1.82, 2.24) is 9.97 Å². The molecule has 1 aliphatic heterocycles. The number of aromatic nitrogens is 2. The van der Waals surface area contributed by atoms with Crippen molar-refractivity contribution in [3.05, 3.63) is 53.5 Å². The van der Waals surface area contributed by atoms with Crippen LogP contribution in [0.15, 0.2) is 57.7 Å². The first-order chi connectivity index (χ1) is 11.8. The van der Waals surface area contributed by atoms with Gasteiger partial charge in [0.15, 0.2) is 0 Å². The van der Waals surface area contributed by atoms with Gasteiger partial charge in [-0.2, -0.15) is 13.2 Å². The second kappa shape index (κ2) is 5.15. The van der Waals surface area contributed by atoms with Gasteiger partial charge in [-0.3, -0.25) is 0 Å². The van der Waals surface area contributed by atoms with Crippen LogP contribution in [0.4, 0.5) is 13.2 Å². The summed E-state index contributed by atoms with van der Waals surface area (Å²) in [6.45, 7) is 2.63. The van der Waals surface area contributed by atoms with Gasteiger partial charge in [0, 0.05) is 0 Å². The van der Waals surface area contributed by atoms with E-state index in [4.69, 9.17) is 0 Å². The Hall–Kier alpha value is -2.70. The van der Waals surface area contributed by atoms with Crippen LogP contribution in [-0.4, -0.2) is 27.7 Å².